The predicted octanol–water partition coefficient (Wildman–Crippen LogP) is 4.21. The molecule has 5 nitrogen and oxygen atoms in total. The van der Waals surface area contributed by atoms with Gasteiger partial charge < -0.3 is 25.0 Å². The molecule has 2 aliphatic rings. The summed E-state index contributed by atoms with van der Waals surface area (Å²) in [5.74, 6) is 0. The Hall–Kier alpha value is -1.10. The van der Waals surface area contributed by atoms with Crippen LogP contribution in [0.25, 0.3) is 5.41 Å². The van der Waals surface area contributed by atoms with E-state index in [1.807, 2.05) is 0 Å². The van der Waals surface area contributed by atoms with Crippen LogP contribution >= 0.6 is 0 Å². The third-order valence-corrected chi connectivity index (χ3v) is 4.84. The summed E-state index contributed by atoms with van der Waals surface area (Å²) in [6.45, 7) is 17.3. The maximum Gasteiger partial charge on any atom is 0 e. The molecular formula is C22H35N5Ni-4. The molecule has 0 unspecified atom stereocenters. The second-order valence-electron chi connectivity index (χ2n) is 7.08. The van der Waals surface area contributed by atoms with Crippen LogP contribution in [0.15, 0.2) is 18.2 Å². The van der Waals surface area contributed by atoms with Gasteiger partial charge in [0.2, 0.25) is 0 Å². The molecule has 1 aromatic rings. The average molecular weight is 428 g/mol. The number of anilines is 2. The SMILES string of the molecule is CC=[N-].CCCCN1[CH-]N(c2[c-]c(N3[CH-]N(CCCC)CC3)ccc2)CC1.[Ni]. The van der Waals surface area contributed by atoms with Gasteiger partial charge in [-0.2, -0.15) is 31.5 Å². The first-order valence-corrected chi connectivity index (χ1v) is 10.4. The van der Waals surface area contributed by atoms with Gasteiger partial charge in [-0.1, -0.05) is 33.6 Å². The molecule has 162 valence electrons. The van der Waals surface area contributed by atoms with E-state index in [9.17, 15) is 0 Å². The third-order valence-electron chi connectivity index (χ3n) is 4.84. The van der Waals surface area contributed by atoms with Crippen LogP contribution in [-0.2, 0) is 16.5 Å². The molecule has 3 rings (SSSR count). The molecule has 0 N–H and O–H groups in total. The van der Waals surface area contributed by atoms with Gasteiger partial charge in [0.15, 0.2) is 0 Å². The molecule has 28 heavy (non-hydrogen) atoms. The van der Waals surface area contributed by atoms with E-state index in [4.69, 9.17) is 5.41 Å². The zero-order valence-electron chi connectivity index (χ0n) is 17.6. The molecule has 1 aromatic carbocycles. The molecule has 0 bridgehead atoms. The quantitative estimate of drug-likeness (QED) is 0.353. The molecule has 2 fully saturated rings. The van der Waals surface area contributed by atoms with Crippen molar-refractivity contribution >= 4 is 17.6 Å². The van der Waals surface area contributed by atoms with Crippen molar-refractivity contribution in [1.82, 2.24) is 9.80 Å². The molecule has 0 aliphatic carbocycles. The second-order valence-corrected chi connectivity index (χ2v) is 7.08. The summed E-state index contributed by atoms with van der Waals surface area (Å²) in [5.41, 5.74) is 2.37. The number of hydrogen-bond donors (Lipinski definition) is 0. The van der Waals surface area contributed by atoms with E-state index in [1.165, 1.54) is 50.1 Å². The second kappa shape index (κ2) is 14.0. The zero-order valence-corrected chi connectivity index (χ0v) is 18.6. The van der Waals surface area contributed by atoms with Crippen LogP contribution in [0, 0.1) is 19.4 Å². The molecule has 0 amide bonds. The fourth-order valence-electron chi connectivity index (χ4n) is 3.30. The Morgan fingerprint density at radius 1 is 0.929 bits per heavy atom. The van der Waals surface area contributed by atoms with Gasteiger partial charge in [0.05, 0.1) is 0 Å². The maximum atomic E-state index is 7.44. The van der Waals surface area contributed by atoms with Gasteiger partial charge in [-0.15, -0.1) is 17.4 Å². The van der Waals surface area contributed by atoms with Crippen molar-refractivity contribution < 1.29 is 16.5 Å². The van der Waals surface area contributed by atoms with Crippen LogP contribution in [0.2, 0.25) is 0 Å². The topological polar surface area (TPSA) is 35.3 Å². The molecule has 2 saturated heterocycles. The van der Waals surface area contributed by atoms with Gasteiger partial charge in [-0.05, 0) is 52.1 Å². The molecule has 0 aromatic heterocycles. The fraction of sp³-hybridized carbons (Fsp3) is 0.591. The number of hydrogen-bond acceptors (Lipinski definition) is 4. The number of benzene rings is 1. The summed E-state index contributed by atoms with van der Waals surface area (Å²) in [6, 6.07) is 10.1. The van der Waals surface area contributed by atoms with Crippen LogP contribution in [0.1, 0.15) is 46.5 Å². The van der Waals surface area contributed by atoms with Crippen molar-refractivity contribution in [2.24, 2.45) is 0 Å². The van der Waals surface area contributed by atoms with Crippen molar-refractivity contribution in [3.05, 3.63) is 43.0 Å². The van der Waals surface area contributed by atoms with Crippen LogP contribution in [0.4, 0.5) is 11.4 Å². The van der Waals surface area contributed by atoms with Crippen LogP contribution in [0.3, 0.4) is 0 Å². The van der Waals surface area contributed by atoms with Gasteiger partial charge in [-0.3, -0.25) is 0 Å². The summed E-state index contributed by atoms with van der Waals surface area (Å²) in [6.07, 6.45) is 6.05. The van der Waals surface area contributed by atoms with Crippen molar-refractivity contribution in [2.75, 3.05) is 49.1 Å². The smallest absolute Gasteiger partial charge is 0 e. The normalized spacial score (nSPS) is 17.2. The summed E-state index contributed by atoms with van der Waals surface area (Å²) in [7, 11) is 0. The monoisotopic (exact) mass is 427 g/mol. The Kier molecular flexibility index (Phi) is 12.4. The summed E-state index contributed by atoms with van der Waals surface area (Å²) in [5, 5.41) is 7.44. The third kappa shape index (κ3) is 7.73. The predicted molar refractivity (Wildman–Crippen MR) is 117 cm³/mol. The Bertz CT molecular complexity index is 512. The van der Waals surface area contributed by atoms with Gasteiger partial charge in [-0.25, -0.2) is 6.21 Å². The van der Waals surface area contributed by atoms with Gasteiger partial charge in [0, 0.05) is 16.5 Å². The first kappa shape index (κ1) is 24.9. The molecule has 0 saturated carbocycles. The van der Waals surface area contributed by atoms with Crippen molar-refractivity contribution in [1.29, 1.82) is 0 Å². The first-order chi connectivity index (χ1) is 13.2. The number of rotatable bonds is 8. The van der Waals surface area contributed by atoms with Crippen molar-refractivity contribution in [2.45, 2.75) is 46.5 Å². The maximum absolute atomic E-state index is 7.44. The van der Waals surface area contributed by atoms with Crippen molar-refractivity contribution in [3.63, 3.8) is 0 Å². The number of unbranched alkanes of at least 4 members (excludes halogenated alkanes) is 2. The summed E-state index contributed by atoms with van der Waals surface area (Å²) in [4.78, 5) is 9.53. The van der Waals surface area contributed by atoms with Gasteiger partial charge in [0.25, 0.3) is 0 Å². The molecular weight excluding hydrogens is 393 g/mol. The van der Waals surface area contributed by atoms with Crippen LogP contribution in [-0.4, -0.2) is 55.3 Å². The molecule has 0 atom stereocenters. The van der Waals surface area contributed by atoms with E-state index in [-0.39, 0.29) is 16.5 Å². The van der Waals surface area contributed by atoms with E-state index in [2.05, 4.69) is 71.0 Å². The van der Waals surface area contributed by atoms with Crippen molar-refractivity contribution in [3.8, 4) is 0 Å². The largest absolute Gasteiger partial charge is 0.814 e. The molecule has 2 aliphatic heterocycles. The van der Waals surface area contributed by atoms with Gasteiger partial charge in [0.1, 0.15) is 0 Å². The Morgan fingerprint density at radius 3 is 1.75 bits per heavy atom. The molecule has 6 heteroatoms. The standard InChI is InChI=1S/C20H31N4.C2H4N.Ni/c1-3-5-10-21-12-14-23(17-21)19-8-7-9-20(16-19)24-15-13-22(18-24)11-6-4-2;1-2-3;/h7-9,17-18H,3-6,10-15H2,1-2H3;2H,1H3;/q-3;-1;. The zero-order chi connectivity index (χ0) is 19.5. The van der Waals surface area contributed by atoms with E-state index in [1.54, 1.807) is 6.92 Å². The van der Waals surface area contributed by atoms with E-state index in [0.717, 1.165) is 32.4 Å². The fourth-order valence-corrected chi connectivity index (χ4v) is 3.30. The number of nitrogens with zero attached hydrogens (tertiary/aromatic N) is 5. The van der Waals surface area contributed by atoms with E-state index in [0.29, 0.717) is 0 Å². The van der Waals surface area contributed by atoms with E-state index >= 15 is 0 Å². The first-order valence-electron chi connectivity index (χ1n) is 10.4. The summed E-state index contributed by atoms with van der Waals surface area (Å²) < 4.78 is 0. The average Bonchev–Trinajstić information content (AvgIpc) is 3.35. The Balaban J connectivity index is 0.000000921. The molecule has 0 spiro atoms. The minimum absolute atomic E-state index is 0. The minimum Gasteiger partial charge on any atom is -0.814 e. The Morgan fingerprint density at radius 2 is 1.36 bits per heavy atom. The summed E-state index contributed by atoms with van der Waals surface area (Å²) >= 11 is 0. The van der Waals surface area contributed by atoms with E-state index < -0.39 is 0 Å². The van der Waals surface area contributed by atoms with Crippen LogP contribution < -0.4 is 9.80 Å². The van der Waals surface area contributed by atoms with Gasteiger partial charge >= 0.3 is 0 Å². The molecule has 0 radical (unpaired) electrons. The van der Waals surface area contributed by atoms with Crippen LogP contribution in [0.5, 0.6) is 0 Å². The minimum atomic E-state index is 0. The Labute approximate surface area is 182 Å². The molecule has 2 heterocycles.